The molecular weight excluding hydrogens is 504 g/mol. The van der Waals surface area contributed by atoms with Crippen molar-refractivity contribution in [3.63, 3.8) is 0 Å². The minimum atomic E-state index is 0.131. The number of nitrogens with zero attached hydrogens (tertiary/aromatic N) is 4. The summed E-state index contributed by atoms with van der Waals surface area (Å²) in [6.45, 7) is 0. The Kier molecular flexibility index (Phi) is 4.81. The van der Waals surface area contributed by atoms with Gasteiger partial charge in [0.05, 0.1) is 16.6 Å². The summed E-state index contributed by atoms with van der Waals surface area (Å²) >= 11 is 6.49. The minimum absolute atomic E-state index is 0.131. The maximum Gasteiger partial charge on any atom is 0.226 e. The highest BCUT2D eigenvalue weighted by Crippen LogP contribution is 2.37. The lowest BCUT2D eigenvalue weighted by Gasteiger charge is -2.09. The van der Waals surface area contributed by atoms with Crippen molar-refractivity contribution in [3.05, 3.63) is 121 Å². The third kappa shape index (κ3) is 3.44. The zero-order valence-corrected chi connectivity index (χ0v) is 21.3. The first kappa shape index (κ1) is 22.0. The van der Waals surface area contributed by atoms with E-state index in [0.717, 1.165) is 55.2 Å². The molecule has 0 fully saturated rings. The van der Waals surface area contributed by atoms with Crippen LogP contribution < -0.4 is 0 Å². The second-order valence-corrected chi connectivity index (χ2v) is 9.79. The molecule has 0 spiro atoms. The van der Waals surface area contributed by atoms with Crippen LogP contribution in [-0.2, 0) is 0 Å². The van der Waals surface area contributed by atoms with Crippen molar-refractivity contribution >= 4 is 55.3 Å². The summed E-state index contributed by atoms with van der Waals surface area (Å²) < 4.78 is 8.50. The van der Waals surface area contributed by atoms with Crippen molar-refractivity contribution in [3.8, 4) is 28.5 Å². The van der Waals surface area contributed by atoms with Crippen LogP contribution in [0.1, 0.15) is 0 Å². The molecule has 0 unspecified atom stereocenters. The molecule has 0 aliphatic rings. The van der Waals surface area contributed by atoms with Gasteiger partial charge in [0.2, 0.25) is 5.28 Å². The lowest BCUT2D eigenvalue weighted by Crippen LogP contribution is -1.98. The Labute approximate surface area is 228 Å². The summed E-state index contributed by atoms with van der Waals surface area (Å²) in [7, 11) is 0. The quantitative estimate of drug-likeness (QED) is 0.232. The third-order valence-corrected chi connectivity index (χ3v) is 7.37. The molecule has 3 aromatic heterocycles. The molecule has 0 bridgehead atoms. The standard InChI is InChI=1S/C33H19ClN4O/c34-33-36-31(35-32(37-33)26-14-8-13-25-24-12-5-7-16-29(24)39-30(25)26)20-17-18-23-22-11-4-6-15-27(22)38(28(23)19-20)21-9-2-1-3-10-21/h1-19H. The maximum absolute atomic E-state index is 6.49. The number of hydrogen-bond acceptors (Lipinski definition) is 4. The summed E-state index contributed by atoms with van der Waals surface area (Å²) in [5.74, 6) is 0.975. The molecule has 8 rings (SSSR count). The summed E-state index contributed by atoms with van der Waals surface area (Å²) in [5.41, 5.74) is 6.47. The molecule has 0 saturated heterocycles. The molecule has 0 aliphatic carbocycles. The van der Waals surface area contributed by atoms with E-state index in [1.807, 2.05) is 48.5 Å². The van der Waals surface area contributed by atoms with Gasteiger partial charge in [-0.15, -0.1) is 0 Å². The van der Waals surface area contributed by atoms with E-state index in [4.69, 9.17) is 21.0 Å². The molecule has 0 atom stereocenters. The number of rotatable bonds is 3. The van der Waals surface area contributed by atoms with Crippen molar-refractivity contribution in [2.24, 2.45) is 0 Å². The van der Waals surface area contributed by atoms with E-state index in [0.29, 0.717) is 11.6 Å². The fourth-order valence-electron chi connectivity index (χ4n) is 5.49. The van der Waals surface area contributed by atoms with Crippen molar-refractivity contribution in [2.45, 2.75) is 0 Å². The highest BCUT2D eigenvalue weighted by molar-refractivity contribution is 6.28. The Bertz CT molecular complexity index is 2200. The molecule has 0 aliphatic heterocycles. The molecule has 3 heterocycles. The van der Waals surface area contributed by atoms with Crippen LogP contribution in [0, 0.1) is 0 Å². The van der Waals surface area contributed by atoms with Gasteiger partial charge in [0.1, 0.15) is 11.2 Å². The van der Waals surface area contributed by atoms with Crippen molar-refractivity contribution in [1.29, 1.82) is 0 Å². The summed E-state index contributed by atoms with van der Waals surface area (Å²) in [6, 6.07) is 39.1. The first-order valence-electron chi connectivity index (χ1n) is 12.7. The van der Waals surface area contributed by atoms with Crippen molar-refractivity contribution in [2.75, 3.05) is 0 Å². The van der Waals surface area contributed by atoms with E-state index in [1.54, 1.807) is 0 Å². The second-order valence-electron chi connectivity index (χ2n) is 9.45. The number of halogens is 1. The van der Waals surface area contributed by atoms with Crippen LogP contribution in [0.4, 0.5) is 0 Å². The number of furan rings is 1. The summed E-state index contributed by atoms with van der Waals surface area (Å²) in [4.78, 5) is 13.9. The SMILES string of the molecule is Clc1nc(-c2ccc3c4ccccc4n(-c4ccccc4)c3c2)nc(-c2cccc3c2oc2ccccc23)n1. The normalized spacial score (nSPS) is 11.7. The predicted octanol–water partition coefficient (Wildman–Crippen LogP) is 8.86. The number of hydrogen-bond donors (Lipinski definition) is 0. The molecule has 5 nitrogen and oxygen atoms in total. The second kappa shape index (κ2) is 8.51. The number of fused-ring (bicyclic) bond motifs is 6. The van der Waals surface area contributed by atoms with Gasteiger partial charge in [0.25, 0.3) is 0 Å². The van der Waals surface area contributed by atoms with Gasteiger partial charge >= 0.3 is 0 Å². The highest BCUT2D eigenvalue weighted by atomic mass is 35.5. The van der Waals surface area contributed by atoms with E-state index in [-0.39, 0.29) is 5.28 Å². The predicted molar refractivity (Wildman–Crippen MR) is 157 cm³/mol. The number of para-hydroxylation sites is 4. The van der Waals surface area contributed by atoms with Crippen LogP contribution in [0.15, 0.2) is 120 Å². The molecule has 8 aromatic rings. The number of aromatic nitrogens is 4. The Morgan fingerprint density at radius 2 is 1.28 bits per heavy atom. The minimum Gasteiger partial charge on any atom is -0.455 e. The van der Waals surface area contributed by atoms with E-state index in [1.165, 1.54) is 5.39 Å². The van der Waals surface area contributed by atoms with E-state index in [9.17, 15) is 0 Å². The van der Waals surface area contributed by atoms with Gasteiger partial charge in [-0.1, -0.05) is 78.9 Å². The largest absolute Gasteiger partial charge is 0.455 e. The van der Waals surface area contributed by atoms with Crippen LogP contribution >= 0.6 is 11.6 Å². The molecule has 0 saturated carbocycles. The molecule has 39 heavy (non-hydrogen) atoms. The zero-order valence-electron chi connectivity index (χ0n) is 20.5. The van der Waals surface area contributed by atoms with E-state index >= 15 is 0 Å². The summed E-state index contributed by atoms with van der Waals surface area (Å²) in [6.07, 6.45) is 0. The van der Waals surface area contributed by atoms with E-state index in [2.05, 4.69) is 81.3 Å². The Hall–Kier alpha value is -5.00. The topological polar surface area (TPSA) is 56.7 Å². The average Bonchev–Trinajstić information content (AvgIpc) is 3.53. The van der Waals surface area contributed by atoms with Gasteiger partial charge in [-0.3, -0.25) is 0 Å². The molecule has 0 radical (unpaired) electrons. The molecule has 0 amide bonds. The van der Waals surface area contributed by atoms with Crippen LogP contribution in [0.5, 0.6) is 0 Å². The van der Waals surface area contributed by atoms with Gasteiger partial charge in [0, 0.05) is 32.8 Å². The first-order chi connectivity index (χ1) is 19.2. The first-order valence-corrected chi connectivity index (χ1v) is 13.0. The summed E-state index contributed by atoms with van der Waals surface area (Å²) in [5, 5.41) is 4.54. The molecule has 184 valence electrons. The van der Waals surface area contributed by atoms with Gasteiger partial charge in [-0.05, 0) is 48.0 Å². The van der Waals surface area contributed by atoms with Crippen molar-refractivity contribution < 1.29 is 4.42 Å². The van der Waals surface area contributed by atoms with Crippen molar-refractivity contribution in [1.82, 2.24) is 19.5 Å². The van der Waals surface area contributed by atoms with Gasteiger partial charge in [-0.2, -0.15) is 9.97 Å². The van der Waals surface area contributed by atoms with Gasteiger partial charge in [0.15, 0.2) is 11.6 Å². The molecular formula is C33H19ClN4O. The smallest absolute Gasteiger partial charge is 0.226 e. The Morgan fingerprint density at radius 1 is 0.564 bits per heavy atom. The van der Waals surface area contributed by atoms with E-state index < -0.39 is 0 Å². The van der Waals surface area contributed by atoms with Gasteiger partial charge in [-0.25, -0.2) is 4.98 Å². The number of benzene rings is 5. The lowest BCUT2D eigenvalue weighted by atomic mass is 10.1. The fourth-order valence-corrected chi connectivity index (χ4v) is 5.65. The molecule has 0 N–H and O–H groups in total. The lowest BCUT2D eigenvalue weighted by molar-refractivity contribution is 0.669. The van der Waals surface area contributed by atoms with Crippen LogP contribution in [0.3, 0.4) is 0 Å². The zero-order chi connectivity index (χ0) is 25.9. The fraction of sp³-hybridized carbons (Fsp3) is 0. The monoisotopic (exact) mass is 522 g/mol. The Balaban J connectivity index is 1.35. The molecule has 6 heteroatoms. The maximum atomic E-state index is 6.49. The van der Waals surface area contributed by atoms with Gasteiger partial charge < -0.3 is 8.98 Å². The Morgan fingerprint density at radius 3 is 2.18 bits per heavy atom. The van der Waals surface area contributed by atoms with Crippen LogP contribution in [0.2, 0.25) is 5.28 Å². The molecule has 5 aromatic carbocycles. The highest BCUT2D eigenvalue weighted by Gasteiger charge is 2.18. The third-order valence-electron chi connectivity index (χ3n) is 7.20. The van der Waals surface area contributed by atoms with Crippen LogP contribution in [-0.4, -0.2) is 19.5 Å². The van der Waals surface area contributed by atoms with Crippen LogP contribution in [0.25, 0.3) is 72.2 Å². The average molecular weight is 523 g/mol.